The lowest BCUT2D eigenvalue weighted by atomic mass is 10.1. The van der Waals surface area contributed by atoms with Gasteiger partial charge in [0.05, 0.1) is 30.5 Å². The van der Waals surface area contributed by atoms with Crippen LogP contribution >= 0.6 is 11.6 Å². The summed E-state index contributed by atoms with van der Waals surface area (Å²) in [5, 5.41) is 4.54. The van der Waals surface area contributed by atoms with Gasteiger partial charge in [0.2, 0.25) is 0 Å². The van der Waals surface area contributed by atoms with Crippen molar-refractivity contribution in [2.24, 2.45) is 5.10 Å². The van der Waals surface area contributed by atoms with E-state index in [1.807, 2.05) is 6.92 Å². The maximum atomic E-state index is 13.4. The second-order valence-electron chi connectivity index (χ2n) is 7.60. The van der Waals surface area contributed by atoms with Gasteiger partial charge in [0, 0.05) is 10.6 Å². The van der Waals surface area contributed by atoms with Gasteiger partial charge >= 0.3 is 0 Å². The summed E-state index contributed by atoms with van der Waals surface area (Å²) in [4.78, 5) is 12.8. The highest BCUT2D eigenvalue weighted by Gasteiger charge is 2.27. The first-order chi connectivity index (χ1) is 16.6. The first kappa shape index (κ1) is 26.1. The highest BCUT2D eigenvalue weighted by Crippen LogP contribution is 2.28. The van der Waals surface area contributed by atoms with E-state index in [-0.39, 0.29) is 4.90 Å². The van der Waals surface area contributed by atoms with Crippen molar-refractivity contribution in [2.75, 3.05) is 25.1 Å². The second-order valence-corrected chi connectivity index (χ2v) is 9.90. The molecule has 0 radical (unpaired) electrons. The van der Waals surface area contributed by atoms with Crippen molar-refractivity contribution in [1.82, 2.24) is 5.43 Å². The number of nitrogens with zero attached hydrogens (tertiary/aromatic N) is 2. The summed E-state index contributed by atoms with van der Waals surface area (Å²) < 4.78 is 38.4. The zero-order valence-electron chi connectivity index (χ0n) is 19.8. The fourth-order valence-corrected chi connectivity index (χ4v) is 4.74. The number of carbonyl (C=O) groups is 1. The number of benzene rings is 3. The Bertz CT molecular complexity index is 1320. The average Bonchev–Trinajstić information content (AvgIpc) is 2.86. The van der Waals surface area contributed by atoms with Gasteiger partial charge in [-0.2, -0.15) is 5.10 Å². The van der Waals surface area contributed by atoms with E-state index in [1.54, 1.807) is 49.4 Å². The SMILES string of the molecule is COc1ccc(/C(C)=N\NC(=O)CN(c2ccc(C)cc2)S(=O)(=O)c2ccc(Cl)cc2)cc1OC. The topological polar surface area (TPSA) is 97.3 Å². The predicted molar refractivity (Wildman–Crippen MR) is 137 cm³/mol. The van der Waals surface area contributed by atoms with E-state index in [4.69, 9.17) is 21.1 Å². The number of amides is 1. The molecule has 0 spiro atoms. The van der Waals surface area contributed by atoms with Crippen LogP contribution in [0.5, 0.6) is 11.5 Å². The molecular formula is C25H26ClN3O5S. The molecule has 3 aromatic rings. The van der Waals surface area contributed by atoms with Crippen LogP contribution < -0.4 is 19.2 Å². The van der Waals surface area contributed by atoms with Crippen LogP contribution in [0.2, 0.25) is 5.02 Å². The Kier molecular flexibility index (Phi) is 8.37. The average molecular weight is 516 g/mol. The Morgan fingerprint density at radius 3 is 2.20 bits per heavy atom. The standard InChI is InChI=1S/C25H26ClN3O5S/c1-17-5-10-21(11-6-17)29(35(31,32)22-12-8-20(26)9-13-22)16-25(30)28-27-18(2)19-7-14-23(33-3)24(15-19)34-4/h5-15H,16H2,1-4H3,(H,28,30)/b27-18-. The van der Waals surface area contributed by atoms with Crippen molar-refractivity contribution >= 4 is 38.9 Å². The van der Waals surface area contributed by atoms with Crippen molar-refractivity contribution < 1.29 is 22.7 Å². The molecule has 0 fully saturated rings. The van der Waals surface area contributed by atoms with Gasteiger partial charge in [-0.15, -0.1) is 0 Å². The Labute approximate surface area is 210 Å². The monoisotopic (exact) mass is 515 g/mol. The minimum Gasteiger partial charge on any atom is -0.493 e. The van der Waals surface area contributed by atoms with Crippen LogP contribution in [0.15, 0.2) is 76.7 Å². The number of sulfonamides is 1. The van der Waals surface area contributed by atoms with Crippen LogP contribution in [-0.4, -0.2) is 40.8 Å². The number of carbonyl (C=O) groups excluding carboxylic acids is 1. The Balaban J connectivity index is 1.85. The molecule has 0 aromatic heterocycles. The third kappa shape index (κ3) is 6.32. The summed E-state index contributed by atoms with van der Waals surface area (Å²) in [7, 11) is -0.989. The lowest BCUT2D eigenvalue weighted by Gasteiger charge is -2.24. The molecule has 35 heavy (non-hydrogen) atoms. The minimum atomic E-state index is -4.05. The molecule has 0 aliphatic heterocycles. The smallest absolute Gasteiger partial charge is 0.264 e. The van der Waals surface area contributed by atoms with Gasteiger partial charge in [-0.25, -0.2) is 13.8 Å². The van der Waals surface area contributed by atoms with Crippen molar-refractivity contribution in [3.63, 3.8) is 0 Å². The fraction of sp³-hybridized carbons (Fsp3) is 0.200. The van der Waals surface area contributed by atoms with Crippen LogP contribution in [0.4, 0.5) is 5.69 Å². The third-order valence-electron chi connectivity index (χ3n) is 5.16. The van der Waals surface area contributed by atoms with Crippen LogP contribution in [0.25, 0.3) is 0 Å². The molecule has 3 aromatic carbocycles. The molecule has 0 unspecified atom stereocenters. The van der Waals surface area contributed by atoms with Gasteiger partial charge in [-0.3, -0.25) is 9.10 Å². The van der Waals surface area contributed by atoms with Crippen molar-refractivity contribution in [2.45, 2.75) is 18.7 Å². The molecule has 1 amide bonds. The number of rotatable bonds is 9. The van der Waals surface area contributed by atoms with E-state index in [9.17, 15) is 13.2 Å². The summed E-state index contributed by atoms with van der Waals surface area (Å²) in [6, 6.07) is 17.8. The Hall–Kier alpha value is -3.56. The second kappa shape index (κ2) is 11.2. The molecular weight excluding hydrogens is 490 g/mol. The molecule has 0 aliphatic carbocycles. The van der Waals surface area contributed by atoms with Crippen LogP contribution in [0.1, 0.15) is 18.1 Å². The third-order valence-corrected chi connectivity index (χ3v) is 7.20. The normalized spacial score (nSPS) is 11.6. The quantitative estimate of drug-likeness (QED) is 0.336. The molecule has 0 saturated carbocycles. The number of aryl methyl sites for hydroxylation is 1. The lowest BCUT2D eigenvalue weighted by molar-refractivity contribution is -0.119. The number of hydrogen-bond acceptors (Lipinski definition) is 6. The van der Waals surface area contributed by atoms with Gasteiger partial charge < -0.3 is 9.47 Å². The Morgan fingerprint density at radius 1 is 0.971 bits per heavy atom. The molecule has 0 aliphatic rings. The van der Waals surface area contributed by atoms with Gasteiger partial charge in [0.15, 0.2) is 11.5 Å². The van der Waals surface area contributed by atoms with Crippen molar-refractivity contribution in [3.05, 3.63) is 82.9 Å². The minimum absolute atomic E-state index is 0.0142. The largest absolute Gasteiger partial charge is 0.493 e. The van der Waals surface area contributed by atoms with Crippen LogP contribution in [0, 0.1) is 6.92 Å². The maximum absolute atomic E-state index is 13.4. The molecule has 184 valence electrons. The van der Waals surface area contributed by atoms with E-state index >= 15 is 0 Å². The summed E-state index contributed by atoms with van der Waals surface area (Å²) >= 11 is 5.92. The summed E-state index contributed by atoms with van der Waals surface area (Å²) in [6.45, 7) is 3.13. The Morgan fingerprint density at radius 2 is 1.60 bits per heavy atom. The number of hydrogen-bond donors (Lipinski definition) is 1. The molecule has 0 atom stereocenters. The predicted octanol–water partition coefficient (Wildman–Crippen LogP) is 4.40. The molecule has 0 saturated heterocycles. The molecule has 10 heteroatoms. The summed E-state index contributed by atoms with van der Waals surface area (Å²) in [5.41, 5.74) is 4.95. The first-order valence-electron chi connectivity index (χ1n) is 10.6. The fourth-order valence-electron chi connectivity index (χ4n) is 3.20. The number of ether oxygens (including phenoxy) is 2. The van der Waals surface area contributed by atoms with Crippen molar-refractivity contribution in [1.29, 1.82) is 0 Å². The number of halogens is 1. The number of nitrogens with one attached hydrogen (secondary N) is 1. The van der Waals surface area contributed by atoms with Gasteiger partial charge in [0.25, 0.3) is 15.9 Å². The van der Waals surface area contributed by atoms with Crippen LogP contribution in [-0.2, 0) is 14.8 Å². The lowest BCUT2D eigenvalue weighted by Crippen LogP contribution is -2.39. The van der Waals surface area contributed by atoms with E-state index in [0.717, 1.165) is 9.87 Å². The maximum Gasteiger partial charge on any atom is 0.264 e. The number of anilines is 1. The molecule has 0 bridgehead atoms. The molecule has 3 rings (SSSR count). The first-order valence-corrected chi connectivity index (χ1v) is 12.4. The van der Waals surface area contributed by atoms with Gasteiger partial charge in [0.1, 0.15) is 6.54 Å². The molecule has 8 nitrogen and oxygen atoms in total. The summed E-state index contributed by atoms with van der Waals surface area (Å²) in [5.74, 6) is 0.475. The summed E-state index contributed by atoms with van der Waals surface area (Å²) in [6.07, 6.45) is 0. The highest BCUT2D eigenvalue weighted by atomic mass is 35.5. The highest BCUT2D eigenvalue weighted by molar-refractivity contribution is 7.92. The van der Waals surface area contributed by atoms with E-state index in [1.165, 1.54) is 38.5 Å². The zero-order valence-corrected chi connectivity index (χ0v) is 21.4. The van der Waals surface area contributed by atoms with Gasteiger partial charge in [-0.1, -0.05) is 29.3 Å². The van der Waals surface area contributed by atoms with Crippen molar-refractivity contribution in [3.8, 4) is 11.5 Å². The van der Waals surface area contributed by atoms with Crippen LogP contribution in [0.3, 0.4) is 0 Å². The number of hydrazone groups is 1. The number of methoxy groups -OCH3 is 2. The molecule has 0 heterocycles. The van der Waals surface area contributed by atoms with Gasteiger partial charge in [-0.05, 0) is 68.4 Å². The molecule has 1 N–H and O–H groups in total. The zero-order chi connectivity index (χ0) is 25.6. The van der Waals surface area contributed by atoms with E-state index < -0.39 is 22.5 Å². The van der Waals surface area contributed by atoms with E-state index in [0.29, 0.717) is 33.5 Å². The van der Waals surface area contributed by atoms with E-state index in [2.05, 4.69) is 10.5 Å².